The number of carbonyl (C=O) groups excluding carboxylic acids is 1. The van der Waals surface area contributed by atoms with Crippen molar-refractivity contribution in [1.29, 1.82) is 0 Å². The Hall–Kier alpha value is -4.54. The largest absolute Gasteiger partial charge is 0.496 e. The van der Waals surface area contributed by atoms with E-state index in [1.165, 1.54) is 20.4 Å². The second kappa shape index (κ2) is 9.75. The first kappa shape index (κ1) is 23.6. The Balaban J connectivity index is 1.88. The van der Waals surface area contributed by atoms with E-state index in [0.717, 1.165) is 23.0 Å². The lowest BCUT2D eigenvalue weighted by atomic mass is 10.0. The van der Waals surface area contributed by atoms with E-state index in [4.69, 9.17) is 14.3 Å². The molecule has 0 amide bonds. The fraction of sp³-hybridized carbons (Fsp3) is 0.208. The SMILES string of the molecule is CCOC(=O)c1cnc(Cc2cc([N+](=O)[O-])c(F)cc2OC)nc1-c1cn(OC)c2ccccc12. The molecule has 0 bridgehead atoms. The van der Waals surface area contributed by atoms with Crippen LogP contribution in [-0.4, -0.2) is 46.4 Å². The quantitative estimate of drug-likeness (QED) is 0.211. The average molecular weight is 480 g/mol. The van der Waals surface area contributed by atoms with Crippen LogP contribution in [0.1, 0.15) is 28.7 Å². The number of esters is 1. The smallest absolute Gasteiger partial charge is 0.341 e. The minimum Gasteiger partial charge on any atom is -0.496 e. The first-order valence-corrected chi connectivity index (χ1v) is 10.6. The lowest BCUT2D eigenvalue weighted by Gasteiger charge is -2.11. The predicted octanol–water partition coefficient (Wildman–Crippen LogP) is 3.98. The average Bonchev–Trinajstić information content (AvgIpc) is 3.23. The third kappa shape index (κ3) is 4.47. The van der Waals surface area contributed by atoms with Gasteiger partial charge in [-0.2, -0.15) is 9.12 Å². The van der Waals surface area contributed by atoms with E-state index in [9.17, 15) is 19.3 Å². The van der Waals surface area contributed by atoms with E-state index in [1.54, 1.807) is 17.9 Å². The number of rotatable bonds is 8. The molecule has 11 heteroatoms. The molecule has 4 aromatic rings. The van der Waals surface area contributed by atoms with Crippen LogP contribution >= 0.6 is 0 Å². The molecule has 0 aliphatic heterocycles. The van der Waals surface area contributed by atoms with Crippen molar-refractivity contribution in [2.45, 2.75) is 13.3 Å². The van der Waals surface area contributed by atoms with Gasteiger partial charge in [-0.05, 0) is 13.0 Å². The molecule has 0 radical (unpaired) electrons. The molecule has 0 saturated heterocycles. The van der Waals surface area contributed by atoms with Crippen molar-refractivity contribution in [2.24, 2.45) is 0 Å². The van der Waals surface area contributed by atoms with E-state index in [1.807, 2.05) is 24.3 Å². The number of para-hydroxylation sites is 1. The Morgan fingerprint density at radius 3 is 2.69 bits per heavy atom. The normalized spacial score (nSPS) is 10.9. The lowest BCUT2D eigenvalue weighted by Crippen LogP contribution is -2.11. The zero-order valence-electron chi connectivity index (χ0n) is 19.1. The highest BCUT2D eigenvalue weighted by atomic mass is 19.1. The number of ether oxygens (including phenoxy) is 2. The van der Waals surface area contributed by atoms with Gasteiger partial charge in [0.25, 0.3) is 0 Å². The third-order valence-electron chi connectivity index (χ3n) is 5.36. The number of nitro groups is 1. The van der Waals surface area contributed by atoms with Gasteiger partial charge in [0, 0.05) is 41.3 Å². The maximum atomic E-state index is 14.1. The summed E-state index contributed by atoms with van der Waals surface area (Å²) < 4.78 is 26.0. The van der Waals surface area contributed by atoms with Gasteiger partial charge in [0.1, 0.15) is 24.2 Å². The van der Waals surface area contributed by atoms with Crippen LogP contribution in [0.15, 0.2) is 48.8 Å². The van der Waals surface area contributed by atoms with Crippen LogP contribution < -0.4 is 9.57 Å². The minimum atomic E-state index is -1.01. The third-order valence-corrected chi connectivity index (χ3v) is 5.36. The molecule has 180 valence electrons. The molecule has 0 N–H and O–H groups in total. The van der Waals surface area contributed by atoms with Gasteiger partial charge in [0.15, 0.2) is 0 Å². The summed E-state index contributed by atoms with van der Waals surface area (Å²) in [6.45, 7) is 1.85. The number of nitro benzene ring substituents is 1. The second-order valence-corrected chi connectivity index (χ2v) is 7.39. The highest BCUT2D eigenvalue weighted by Gasteiger charge is 2.23. The number of nitrogens with zero attached hydrogens (tertiary/aromatic N) is 4. The summed E-state index contributed by atoms with van der Waals surface area (Å²) in [6, 6.07) is 9.47. The molecule has 0 spiro atoms. The van der Waals surface area contributed by atoms with Gasteiger partial charge < -0.3 is 14.3 Å². The first-order chi connectivity index (χ1) is 16.9. The maximum absolute atomic E-state index is 14.1. The summed E-state index contributed by atoms with van der Waals surface area (Å²) in [6.07, 6.45) is 3.03. The van der Waals surface area contributed by atoms with Gasteiger partial charge in [-0.15, -0.1) is 0 Å². The Kier molecular flexibility index (Phi) is 6.58. The van der Waals surface area contributed by atoms with Crippen molar-refractivity contribution >= 4 is 22.6 Å². The van der Waals surface area contributed by atoms with Crippen molar-refractivity contribution in [3.8, 4) is 17.0 Å². The molecule has 2 aromatic heterocycles. The van der Waals surface area contributed by atoms with Crippen LogP contribution in [0.3, 0.4) is 0 Å². The number of aromatic nitrogens is 3. The predicted molar refractivity (Wildman–Crippen MR) is 124 cm³/mol. The Morgan fingerprint density at radius 1 is 1.23 bits per heavy atom. The molecule has 0 saturated carbocycles. The van der Waals surface area contributed by atoms with Crippen LogP contribution in [0.5, 0.6) is 5.75 Å². The highest BCUT2D eigenvalue weighted by Crippen LogP contribution is 2.33. The number of methoxy groups -OCH3 is 1. The van der Waals surface area contributed by atoms with Gasteiger partial charge in [-0.1, -0.05) is 18.2 Å². The molecular weight excluding hydrogens is 459 g/mol. The Morgan fingerprint density at radius 2 is 2.00 bits per heavy atom. The molecule has 2 heterocycles. The van der Waals surface area contributed by atoms with E-state index in [-0.39, 0.29) is 30.2 Å². The van der Waals surface area contributed by atoms with Gasteiger partial charge in [-0.3, -0.25) is 10.1 Å². The van der Waals surface area contributed by atoms with Crippen LogP contribution in [0.25, 0.3) is 22.2 Å². The summed E-state index contributed by atoms with van der Waals surface area (Å²) in [7, 11) is 2.85. The molecule has 4 rings (SSSR count). The minimum absolute atomic E-state index is 0.0106. The monoisotopic (exact) mass is 480 g/mol. The maximum Gasteiger partial charge on any atom is 0.341 e. The molecule has 0 aliphatic rings. The number of hydrogen-bond donors (Lipinski definition) is 0. The van der Waals surface area contributed by atoms with Crippen molar-refractivity contribution in [3.63, 3.8) is 0 Å². The molecular formula is C24H21FN4O6. The molecule has 0 fully saturated rings. The van der Waals surface area contributed by atoms with E-state index < -0.39 is 22.4 Å². The fourth-order valence-electron chi connectivity index (χ4n) is 3.78. The van der Waals surface area contributed by atoms with Gasteiger partial charge in [0.2, 0.25) is 5.82 Å². The second-order valence-electron chi connectivity index (χ2n) is 7.39. The van der Waals surface area contributed by atoms with Crippen molar-refractivity contribution in [3.05, 3.63) is 81.7 Å². The summed E-state index contributed by atoms with van der Waals surface area (Å²) in [4.78, 5) is 37.4. The zero-order valence-corrected chi connectivity index (χ0v) is 19.1. The van der Waals surface area contributed by atoms with Crippen molar-refractivity contribution < 1.29 is 28.4 Å². The van der Waals surface area contributed by atoms with E-state index in [0.29, 0.717) is 16.8 Å². The van der Waals surface area contributed by atoms with Crippen LogP contribution in [0.4, 0.5) is 10.1 Å². The summed E-state index contributed by atoms with van der Waals surface area (Å²) in [5, 5.41) is 12.0. The van der Waals surface area contributed by atoms with Crippen molar-refractivity contribution in [2.75, 3.05) is 20.8 Å². The van der Waals surface area contributed by atoms with E-state index in [2.05, 4.69) is 9.97 Å². The summed E-state index contributed by atoms with van der Waals surface area (Å²) in [5.41, 5.74) is 1.44. The van der Waals surface area contributed by atoms with Gasteiger partial charge in [0.05, 0.1) is 36.0 Å². The zero-order chi connectivity index (χ0) is 25.1. The van der Waals surface area contributed by atoms with Crippen LogP contribution in [-0.2, 0) is 11.2 Å². The molecule has 0 aliphatic carbocycles. The van der Waals surface area contributed by atoms with Gasteiger partial charge in [-0.25, -0.2) is 14.8 Å². The summed E-state index contributed by atoms with van der Waals surface area (Å²) >= 11 is 0. The Labute approximate surface area is 199 Å². The molecule has 0 unspecified atom stereocenters. The number of fused-ring (bicyclic) bond motifs is 1. The molecule has 35 heavy (non-hydrogen) atoms. The van der Waals surface area contributed by atoms with E-state index >= 15 is 0 Å². The van der Waals surface area contributed by atoms with Crippen LogP contribution in [0.2, 0.25) is 0 Å². The number of hydrogen-bond acceptors (Lipinski definition) is 8. The molecule has 10 nitrogen and oxygen atoms in total. The van der Waals surface area contributed by atoms with Crippen molar-refractivity contribution in [1.82, 2.24) is 14.7 Å². The molecule has 0 atom stereocenters. The fourth-order valence-corrected chi connectivity index (χ4v) is 3.78. The standard InChI is InChI=1S/C24H21FN4O6/c1-4-35-24(30)16-12-26-22(10-14-9-20(29(31)32)18(25)11-21(14)33-2)27-23(16)17-13-28(34-3)19-8-6-5-7-15(17)19/h5-9,11-13H,4,10H2,1-3H3. The number of carbonyl (C=O) groups is 1. The first-order valence-electron chi connectivity index (χ1n) is 10.6. The lowest BCUT2D eigenvalue weighted by molar-refractivity contribution is -0.387. The Bertz CT molecular complexity index is 1440. The topological polar surface area (TPSA) is 119 Å². The van der Waals surface area contributed by atoms with Crippen LogP contribution in [0, 0.1) is 15.9 Å². The highest BCUT2D eigenvalue weighted by molar-refractivity contribution is 6.02. The molecule has 2 aromatic carbocycles. The van der Waals surface area contributed by atoms with Gasteiger partial charge >= 0.3 is 11.7 Å². The number of halogens is 1. The number of benzene rings is 2. The summed E-state index contributed by atoms with van der Waals surface area (Å²) in [5.74, 6) is -1.26.